The highest BCUT2D eigenvalue weighted by molar-refractivity contribution is 5.86. The highest BCUT2D eigenvalue weighted by Crippen LogP contribution is 2.45. The Labute approximate surface area is 176 Å². The molecule has 0 aromatic carbocycles. The van der Waals surface area contributed by atoms with E-state index in [1.54, 1.807) is 0 Å². The van der Waals surface area contributed by atoms with Crippen LogP contribution in [0.5, 0.6) is 0 Å². The summed E-state index contributed by atoms with van der Waals surface area (Å²) in [5.74, 6) is 1.10. The molecule has 27 heavy (non-hydrogen) atoms. The molecule has 0 radical (unpaired) electrons. The number of piperazine rings is 1. The summed E-state index contributed by atoms with van der Waals surface area (Å²) >= 11 is 0. The first-order valence-electron chi connectivity index (χ1n) is 10.1. The van der Waals surface area contributed by atoms with E-state index in [9.17, 15) is 9.59 Å². The van der Waals surface area contributed by atoms with Crippen molar-refractivity contribution in [1.29, 1.82) is 0 Å². The van der Waals surface area contributed by atoms with Crippen LogP contribution in [0.4, 0.5) is 0 Å². The van der Waals surface area contributed by atoms with Crippen molar-refractivity contribution in [3.63, 3.8) is 0 Å². The molecule has 3 fully saturated rings. The zero-order chi connectivity index (χ0) is 17.9. The normalized spacial score (nSPS) is 27.9. The van der Waals surface area contributed by atoms with Crippen LogP contribution in [-0.4, -0.2) is 85.4 Å². The quantitative estimate of drug-likeness (QED) is 0.731. The van der Waals surface area contributed by atoms with Gasteiger partial charge in [-0.3, -0.25) is 14.5 Å². The van der Waals surface area contributed by atoms with E-state index in [1.807, 2.05) is 18.7 Å². The smallest absolute Gasteiger partial charge is 0.236 e. The highest BCUT2D eigenvalue weighted by atomic mass is 35.5. The number of nitrogens with zero attached hydrogens (tertiary/aromatic N) is 3. The standard InChI is InChI=1S/C19H34N4O2.2ClH/c1-3-22(4-2)17(24)14-21-9-11-23(12-10-21)18(25)19-8-6-5-7-16(19)13-20-15-19;;/h16,20H,3-15H2,1-2H3;2*1H/t16-,19+;;/m0../s1. The van der Waals surface area contributed by atoms with Gasteiger partial charge in [0.15, 0.2) is 0 Å². The maximum Gasteiger partial charge on any atom is 0.236 e. The van der Waals surface area contributed by atoms with Gasteiger partial charge in [0.25, 0.3) is 0 Å². The summed E-state index contributed by atoms with van der Waals surface area (Å²) in [5.41, 5.74) is -0.141. The highest BCUT2D eigenvalue weighted by Gasteiger charge is 2.51. The molecule has 2 amide bonds. The van der Waals surface area contributed by atoms with Gasteiger partial charge in [0, 0.05) is 45.8 Å². The van der Waals surface area contributed by atoms with Gasteiger partial charge in [-0.15, -0.1) is 24.8 Å². The Morgan fingerprint density at radius 1 is 1.07 bits per heavy atom. The van der Waals surface area contributed by atoms with Crippen LogP contribution >= 0.6 is 24.8 Å². The minimum Gasteiger partial charge on any atom is -0.342 e. The topological polar surface area (TPSA) is 55.9 Å². The van der Waals surface area contributed by atoms with E-state index in [4.69, 9.17) is 0 Å². The molecule has 3 rings (SSSR count). The number of carbonyl (C=O) groups excluding carboxylic acids is 2. The fraction of sp³-hybridized carbons (Fsp3) is 0.895. The lowest BCUT2D eigenvalue weighted by molar-refractivity contribution is -0.147. The summed E-state index contributed by atoms with van der Waals surface area (Å²) in [6.07, 6.45) is 4.69. The fourth-order valence-electron chi connectivity index (χ4n) is 4.96. The molecule has 2 aliphatic heterocycles. The van der Waals surface area contributed by atoms with E-state index in [1.165, 1.54) is 19.3 Å². The Balaban J connectivity index is 0.00000182. The molecule has 8 heteroatoms. The lowest BCUT2D eigenvalue weighted by atomic mass is 9.67. The number of fused-ring (bicyclic) bond motifs is 1. The van der Waals surface area contributed by atoms with Crippen LogP contribution in [-0.2, 0) is 9.59 Å². The Bertz CT molecular complexity index is 496. The average Bonchev–Trinajstić information content (AvgIpc) is 3.08. The number of amides is 2. The molecule has 0 aromatic rings. The second-order valence-electron chi connectivity index (χ2n) is 7.86. The van der Waals surface area contributed by atoms with Crippen molar-refractivity contribution in [3.8, 4) is 0 Å². The predicted molar refractivity (Wildman–Crippen MR) is 113 cm³/mol. The lowest BCUT2D eigenvalue weighted by Gasteiger charge is -2.43. The first-order chi connectivity index (χ1) is 12.1. The van der Waals surface area contributed by atoms with Crippen molar-refractivity contribution in [2.75, 3.05) is 58.9 Å². The van der Waals surface area contributed by atoms with Gasteiger partial charge < -0.3 is 15.1 Å². The van der Waals surface area contributed by atoms with E-state index in [0.717, 1.165) is 58.8 Å². The van der Waals surface area contributed by atoms with Gasteiger partial charge in [0.2, 0.25) is 11.8 Å². The van der Waals surface area contributed by atoms with Crippen LogP contribution in [0.25, 0.3) is 0 Å². The first kappa shape index (κ1) is 24.5. The number of rotatable bonds is 5. The molecule has 0 spiro atoms. The Morgan fingerprint density at radius 2 is 1.74 bits per heavy atom. The molecule has 2 saturated heterocycles. The molecule has 1 N–H and O–H groups in total. The molecule has 1 saturated carbocycles. The van der Waals surface area contributed by atoms with Gasteiger partial charge in [-0.25, -0.2) is 0 Å². The van der Waals surface area contributed by atoms with Gasteiger partial charge in [0.1, 0.15) is 0 Å². The minimum absolute atomic E-state index is 0. The van der Waals surface area contributed by atoms with Crippen LogP contribution in [0, 0.1) is 11.3 Å². The Kier molecular flexibility index (Phi) is 9.83. The monoisotopic (exact) mass is 422 g/mol. The summed E-state index contributed by atoms with van der Waals surface area (Å²) in [6.45, 7) is 11.1. The van der Waals surface area contributed by atoms with E-state index < -0.39 is 0 Å². The van der Waals surface area contributed by atoms with E-state index in [-0.39, 0.29) is 36.1 Å². The summed E-state index contributed by atoms with van der Waals surface area (Å²) < 4.78 is 0. The summed E-state index contributed by atoms with van der Waals surface area (Å²) in [5, 5.41) is 3.48. The van der Waals surface area contributed by atoms with Crippen molar-refractivity contribution >= 4 is 36.6 Å². The third-order valence-electron chi connectivity index (χ3n) is 6.60. The molecule has 1 aliphatic carbocycles. The van der Waals surface area contributed by atoms with Crippen molar-refractivity contribution < 1.29 is 9.59 Å². The number of hydrogen-bond acceptors (Lipinski definition) is 4. The molecule has 2 heterocycles. The fourth-order valence-corrected chi connectivity index (χ4v) is 4.96. The van der Waals surface area contributed by atoms with Gasteiger partial charge in [-0.1, -0.05) is 12.8 Å². The molecule has 0 bridgehead atoms. The zero-order valence-electron chi connectivity index (χ0n) is 16.7. The van der Waals surface area contributed by atoms with Crippen LogP contribution in [0.3, 0.4) is 0 Å². The van der Waals surface area contributed by atoms with Crippen LogP contribution in [0.1, 0.15) is 39.5 Å². The molecule has 2 atom stereocenters. The van der Waals surface area contributed by atoms with E-state index >= 15 is 0 Å². The zero-order valence-corrected chi connectivity index (χ0v) is 18.4. The average molecular weight is 423 g/mol. The van der Waals surface area contributed by atoms with Crippen molar-refractivity contribution in [3.05, 3.63) is 0 Å². The molecule has 3 aliphatic rings. The third kappa shape index (κ3) is 5.08. The molecular weight excluding hydrogens is 387 g/mol. The van der Waals surface area contributed by atoms with Gasteiger partial charge in [-0.05, 0) is 39.2 Å². The van der Waals surface area contributed by atoms with E-state index in [2.05, 4.69) is 15.1 Å². The number of likely N-dealkylation sites (N-methyl/N-ethyl adjacent to an activating group) is 1. The largest absolute Gasteiger partial charge is 0.342 e. The third-order valence-corrected chi connectivity index (χ3v) is 6.60. The maximum absolute atomic E-state index is 13.3. The second-order valence-corrected chi connectivity index (χ2v) is 7.86. The number of halogens is 2. The SMILES string of the molecule is CCN(CC)C(=O)CN1CCN(C(=O)[C@@]23CCCC[C@H]2CNC3)CC1.Cl.Cl. The maximum atomic E-state index is 13.3. The van der Waals surface area contributed by atoms with Gasteiger partial charge in [0.05, 0.1) is 12.0 Å². The van der Waals surface area contributed by atoms with Crippen LogP contribution in [0.2, 0.25) is 0 Å². The van der Waals surface area contributed by atoms with Gasteiger partial charge in [-0.2, -0.15) is 0 Å². The molecule has 158 valence electrons. The van der Waals surface area contributed by atoms with Crippen molar-refractivity contribution in [2.24, 2.45) is 11.3 Å². The van der Waals surface area contributed by atoms with Crippen LogP contribution < -0.4 is 5.32 Å². The Hall–Kier alpha value is -0.560. The molecule has 0 unspecified atom stereocenters. The second kappa shape index (κ2) is 10.8. The summed E-state index contributed by atoms with van der Waals surface area (Å²) in [6, 6.07) is 0. The molecule has 0 aromatic heterocycles. The predicted octanol–water partition coefficient (Wildman–Crippen LogP) is 1.62. The number of carbonyl (C=O) groups is 2. The minimum atomic E-state index is -0.141. The summed E-state index contributed by atoms with van der Waals surface area (Å²) in [4.78, 5) is 31.7. The summed E-state index contributed by atoms with van der Waals surface area (Å²) in [7, 11) is 0. The Morgan fingerprint density at radius 3 is 2.37 bits per heavy atom. The number of nitrogens with one attached hydrogen (secondary N) is 1. The van der Waals surface area contributed by atoms with Crippen LogP contribution in [0.15, 0.2) is 0 Å². The molecule has 6 nitrogen and oxygen atoms in total. The molecular formula is C19H36Cl2N4O2. The van der Waals surface area contributed by atoms with E-state index in [0.29, 0.717) is 18.4 Å². The van der Waals surface area contributed by atoms with Crippen molar-refractivity contribution in [1.82, 2.24) is 20.0 Å². The lowest BCUT2D eigenvalue weighted by Crippen LogP contribution is -2.56. The van der Waals surface area contributed by atoms with Crippen molar-refractivity contribution in [2.45, 2.75) is 39.5 Å². The first-order valence-corrected chi connectivity index (χ1v) is 10.1. The number of hydrogen-bond donors (Lipinski definition) is 1. The van der Waals surface area contributed by atoms with Gasteiger partial charge >= 0.3 is 0 Å².